The minimum Gasteiger partial charge on any atom is -0.396 e. The maximum Gasteiger partial charge on any atom is 0.0739 e. The van der Waals surface area contributed by atoms with E-state index >= 15 is 0 Å². The van der Waals surface area contributed by atoms with Crippen LogP contribution in [-0.2, 0) is 4.74 Å². The quantitative estimate of drug-likeness (QED) is 0.581. The number of nitrogens with one attached hydrogen (secondary N) is 1. The molecule has 0 atom stereocenters. The van der Waals surface area contributed by atoms with Gasteiger partial charge in [-0.15, -0.1) is 0 Å². The van der Waals surface area contributed by atoms with Gasteiger partial charge in [-0.05, 0) is 24.5 Å². The van der Waals surface area contributed by atoms with Crippen LogP contribution in [-0.4, -0.2) is 19.8 Å². The summed E-state index contributed by atoms with van der Waals surface area (Å²) in [6, 6.07) is 5.57. The van der Waals surface area contributed by atoms with E-state index in [0.29, 0.717) is 23.2 Å². The van der Waals surface area contributed by atoms with Crippen molar-refractivity contribution in [3.8, 4) is 0 Å². The molecule has 0 aromatic heterocycles. The molecule has 0 bridgehead atoms. The van der Waals surface area contributed by atoms with Gasteiger partial charge in [0.15, 0.2) is 0 Å². The van der Waals surface area contributed by atoms with Crippen LogP contribution < -0.4 is 11.1 Å². The Bertz CT molecular complexity index is 342. The maximum atomic E-state index is 5.91. The van der Waals surface area contributed by atoms with Gasteiger partial charge >= 0.3 is 0 Å². The largest absolute Gasteiger partial charge is 0.396 e. The molecule has 1 rings (SSSR count). The molecule has 0 fully saturated rings. The first-order valence-corrected chi connectivity index (χ1v) is 6.34. The monoisotopic (exact) mass is 256 g/mol. The van der Waals surface area contributed by atoms with Crippen molar-refractivity contribution in [2.24, 2.45) is 5.92 Å². The fourth-order valence-corrected chi connectivity index (χ4v) is 1.54. The molecule has 0 radical (unpaired) electrons. The number of para-hydroxylation sites is 1. The summed E-state index contributed by atoms with van der Waals surface area (Å²) in [6.07, 6.45) is 1.10. The van der Waals surface area contributed by atoms with Crippen molar-refractivity contribution in [1.82, 2.24) is 0 Å². The summed E-state index contributed by atoms with van der Waals surface area (Å²) in [4.78, 5) is 0. The van der Waals surface area contributed by atoms with E-state index in [0.717, 1.165) is 25.3 Å². The summed E-state index contributed by atoms with van der Waals surface area (Å²) >= 11 is 5.91. The fourth-order valence-electron chi connectivity index (χ4n) is 1.37. The van der Waals surface area contributed by atoms with Gasteiger partial charge in [0.2, 0.25) is 0 Å². The number of nitrogens with two attached hydrogens (primary N) is 1. The number of ether oxygens (including phenoxy) is 1. The predicted molar refractivity (Wildman–Crippen MR) is 74.6 cm³/mol. The van der Waals surface area contributed by atoms with Crippen molar-refractivity contribution in [3.63, 3.8) is 0 Å². The van der Waals surface area contributed by atoms with Crippen LogP contribution in [0.4, 0.5) is 11.4 Å². The van der Waals surface area contributed by atoms with Gasteiger partial charge in [0, 0.05) is 13.2 Å². The van der Waals surface area contributed by atoms with Crippen molar-refractivity contribution in [2.75, 3.05) is 30.8 Å². The lowest BCUT2D eigenvalue weighted by Gasteiger charge is -2.11. The number of anilines is 2. The number of nitrogen functional groups attached to an aromatic ring is 1. The van der Waals surface area contributed by atoms with Crippen LogP contribution in [0.3, 0.4) is 0 Å². The molecular weight excluding hydrogens is 236 g/mol. The van der Waals surface area contributed by atoms with Gasteiger partial charge in [0.25, 0.3) is 0 Å². The number of hydrogen-bond acceptors (Lipinski definition) is 3. The highest BCUT2D eigenvalue weighted by atomic mass is 35.5. The Labute approximate surface area is 108 Å². The van der Waals surface area contributed by atoms with Crippen LogP contribution in [0.25, 0.3) is 0 Å². The Morgan fingerprint density at radius 1 is 1.35 bits per heavy atom. The van der Waals surface area contributed by atoms with Crippen molar-refractivity contribution >= 4 is 23.0 Å². The van der Waals surface area contributed by atoms with E-state index in [1.54, 1.807) is 6.07 Å². The average Bonchev–Trinajstić information content (AvgIpc) is 2.28. The summed E-state index contributed by atoms with van der Waals surface area (Å²) in [5.74, 6) is 0.687. The first kappa shape index (κ1) is 14.1. The predicted octanol–water partition coefficient (Wildman–Crippen LogP) is 3.40. The van der Waals surface area contributed by atoms with Crippen LogP contribution >= 0.6 is 11.6 Å². The molecule has 1 aromatic rings. The summed E-state index contributed by atoms with van der Waals surface area (Å²) in [5, 5.41) is 3.79. The molecule has 0 aliphatic rings. The zero-order chi connectivity index (χ0) is 12.7. The lowest BCUT2D eigenvalue weighted by molar-refractivity contribution is 0.133. The molecule has 0 saturated heterocycles. The highest BCUT2D eigenvalue weighted by Gasteiger charge is 2.01. The Hall–Kier alpha value is -0.930. The molecule has 3 nitrogen and oxygen atoms in total. The standard InChI is InChI=1S/C13H21ClN2O/c1-10(2)6-8-17-9-7-16-12-5-3-4-11(14)13(12)15/h3-5,10,16H,6-9,15H2,1-2H3. The molecule has 3 N–H and O–H groups in total. The van der Waals surface area contributed by atoms with Crippen LogP contribution in [0.2, 0.25) is 5.02 Å². The summed E-state index contributed by atoms with van der Waals surface area (Å²) in [6.45, 7) is 6.61. The zero-order valence-electron chi connectivity index (χ0n) is 10.5. The Balaban J connectivity index is 2.20. The first-order valence-electron chi connectivity index (χ1n) is 5.97. The molecule has 1 aromatic carbocycles. The molecule has 96 valence electrons. The summed E-state index contributed by atoms with van der Waals surface area (Å²) in [7, 11) is 0. The average molecular weight is 257 g/mol. The number of benzene rings is 1. The summed E-state index contributed by atoms with van der Waals surface area (Å²) in [5.41, 5.74) is 7.29. The molecule has 0 aliphatic carbocycles. The maximum absolute atomic E-state index is 5.91. The van der Waals surface area contributed by atoms with E-state index in [1.165, 1.54) is 0 Å². The molecule has 0 amide bonds. The van der Waals surface area contributed by atoms with E-state index in [1.807, 2.05) is 12.1 Å². The topological polar surface area (TPSA) is 47.3 Å². The van der Waals surface area contributed by atoms with Gasteiger partial charge in [0.05, 0.1) is 23.0 Å². The van der Waals surface area contributed by atoms with E-state index < -0.39 is 0 Å². The number of rotatable bonds is 7. The second-order valence-electron chi connectivity index (χ2n) is 4.42. The van der Waals surface area contributed by atoms with E-state index in [4.69, 9.17) is 22.1 Å². The number of halogens is 1. The van der Waals surface area contributed by atoms with E-state index in [9.17, 15) is 0 Å². The van der Waals surface area contributed by atoms with E-state index in [2.05, 4.69) is 19.2 Å². The van der Waals surface area contributed by atoms with Gasteiger partial charge in [-0.1, -0.05) is 31.5 Å². The smallest absolute Gasteiger partial charge is 0.0739 e. The first-order chi connectivity index (χ1) is 8.11. The fraction of sp³-hybridized carbons (Fsp3) is 0.538. The van der Waals surface area contributed by atoms with Crippen LogP contribution in [0.5, 0.6) is 0 Å². The third kappa shape index (κ3) is 5.29. The van der Waals surface area contributed by atoms with Gasteiger partial charge in [0.1, 0.15) is 0 Å². The Morgan fingerprint density at radius 3 is 2.82 bits per heavy atom. The van der Waals surface area contributed by atoms with Crippen LogP contribution in [0.15, 0.2) is 18.2 Å². The van der Waals surface area contributed by atoms with Crippen molar-refractivity contribution in [1.29, 1.82) is 0 Å². The van der Waals surface area contributed by atoms with Crippen molar-refractivity contribution in [2.45, 2.75) is 20.3 Å². The molecule has 0 heterocycles. The molecule has 0 spiro atoms. The van der Waals surface area contributed by atoms with Gasteiger partial charge in [-0.3, -0.25) is 0 Å². The van der Waals surface area contributed by atoms with Gasteiger partial charge in [-0.2, -0.15) is 0 Å². The lowest BCUT2D eigenvalue weighted by atomic mass is 10.1. The molecule has 4 heteroatoms. The Kier molecular flexibility index (Phi) is 6.16. The summed E-state index contributed by atoms with van der Waals surface area (Å²) < 4.78 is 5.50. The Morgan fingerprint density at radius 2 is 2.12 bits per heavy atom. The van der Waals surface area contributed by atoms with Gasteiger partial charge in [-0.25, -0.2) is 0 Å². The molecule has 17 heavy (non-hydrogen) atoms. The zero-order valence-corrected chi connectivity index (χ0v) is 11.3. The second kappa shape index (κ2) is 7.41. The van der Waals surface area contributed by atoms with Gasteiger partial charge < -0.3 is 15.8 Å². The van der Waals surface area contributed by atoms with Crippen LogP contribution in [0, 0.1) is 5.92 Å². The third-order valence-corrected chi connectivity index (χ3v) is 2.78. The lowest BCUT2D eigenvalue weighted by Crippen LogP contribution is -2.11. The number of hydrogen-bond donors (Lipinski definition) is 2. The molecule has 0 aliphatic heterocycles. The second-order valence-corrected chi connectivity index (χ2v) is 4.83. The minimum atomic E-state index is 0.579. The van der Waals surface area contributed by atoms with Crippen molar-refractivity contribution < 1.29 is 4.74 Å². The highest BCUT2D eigenvalue weighted by Crippen LogP contribution is 2.26. The molecule has 0 unspecified atom stereocenters. The SMILES string of the molecule is CC(C)CCOCCNc1cccc(Cl)c1N. The molecular formula is C13H21ClN2O. The van der Waals surface area contributed by atoms with E-state index in [-0.39, 0.29) is 0 Å². The molecule has 0 saturated carbocycles. The highest BCUT2D eigenvalue weighted by molar-refractivity contribution is 6.33. The van der Waals surface area contributed by atoms with Crippen molar-refractivity contribution in [3.05, 3.63) is 23.2 Å². The minimum absolute atomic E-state index is 0.579. The van der Waals surface area contributed by atoms with Crippen LogP contribution in [0.1, 0.15) is 20.3 Å². The third-order valence-electron chi connectivity index (χ3n) is 2.45. The normalized spacial score (nSPS) is 10.8.